The summed E-state index contributed by atoms with van der Waals surface area (Å²) in [5.41, 5.74) is 1.03. The summed E-state index contributed by atoms with van der Waals surface area (Å²) >= 11 is 12.3. The predicted molar refractivity (Wildman–Crippen MR) is 115 cm³/mol. The number of piperazine rings is 1. The van der Waals surface area contributed by atoms with Crippen LogP contribution in [0.2, 0.25) is 10.0 Å². The number of non-ortho nitro benzene ring substituents is 1. The van der Waals surface area contributed by atoms with Crippen LogP contribution in [0, 0.1) is 10.1 Å². The molecule has 7 nitrogen and oxygen atoms in total. The Kier molecular flexibility index (Phi) is 7.30. The number of nitrogens with zero attached hydrogens (tertiary/aromatic N) is 3. The van der Waals surface area contributed by atoms with Crippen molar-refractivity contribution in [1.29, 1.82) is 0 Å². The van der Waals surface area contributed by atoms with Crippen LogP contribution in [0.3, 0.4) is 0 Å². The number of halogens is 2. The van der Waals surface area contributed by atoms with Crippen molar-refractivity contribution >= 4 is 40.5 Å². The second kappa shape index (κ2) is 9.91. The maximum absolute atomic E-state index is 12.3. The lowest BCUT2D eigenvalue weighted by atomic mass is 10.2. The predicted octanol–water partition coefficient (Wildman–Crippen LogP) is 3.84. The van der Waals surface area contributed by atoms with E-state index >= 15 is 0 Å². The summed E-state index contributed by atoms with van der Waals surface area (Å²) in [6, 6.07) is 11.7. The highest BCUT2D eigenvalue weighted by molar-refractivity contribution is 6.34. The molecular weight excluding hydrogens is 415 g/mol. The number of nitrogens with one attached hydrogen (secondary N) is 1. The number of nitro groups is 1. The van der Waals surface area contributed by atoms with Gasteiger partial charge in [-0.3, -0.25) is 19.8 Å². The summed E-state index contributed by atoms with van der Waals surface area (Å²) in [4.78, 5) is 27.2. The minimum Gasteiger partial charge on any atom is -0.368 e. The molecule has 1 fully saturated rings. The van der Waals surface area contributed by atoms with Crippen molar-refractivity contribution in [3.63, 3.8) is 0 Å². The molecule has 3 rings (SSSR count). The summed E-state index contributed by atoms with van der Waals surface area (Å²) in [6.45, 7) is 4.99. The zero-order chi connectivity index (χ0) is 20.8. The number of carbonyl (C=O) groups is 1. The zero-order valence-corrected chi connectivity index (χ0v) is 17.3. The lowest BCUT2D eigenvalue weighted by Gasteiger charge is -2.36. The maximum Gasteiger partial charge on any atom is 0.270 e. The number of anilines is 1. The lowest BCUT2D eigenvalue weighted by molar-refractivity contribution is -0.384. The van der Waals surface area contributed by atoms with E-state index in [9.17, 15) is 14.9 Å². The number of hydrogen-bond donors (Lipinski definition) is 1. The van der Waals surface area contributed by atoms with Gasteiger partial charge in [-0.2, -0.15) is 0 Å². The highest BCUT2D eigenvalue weighted by Gasteiger charge is 2.19. The van der Waals surface area contributed by atoms with E-state index < -0.39 is 10.8 Å². The van der Waals surface area contributed by atoms with E-state index in [-0.39, 0.29) is 16.3 Å². The number of nitro benzene ring substituents is 1. The SMILES string of the molecule is O=C(NCCCN1CCN(c2ccccc2Cl)CC1)c1cc([N+](=O)[O-])ccc1Cl. The second-order valence-electron chi connectivity index (χ2n) is 6.81. The van der Waals surface area contributed by atoms with Gasteiger partial charge in [-0.05, 0) is 31.2 Å². The van der Waals surface area contributed by atoms with Crippen LogP contribution in [-0.4, -0.2) is 55.0 Å². The quantitative estimate of drug-likeness (QED) is 0.405. The van der Waals surface area contributed by atoms with Gasteiger partial charge in [-0.1, -0.05) is 35.3 Å². The average Bonchev–Trinajstić information content (AvgIpc) is 2.72. The number of amides is 1. The first-order valence-corrected chi connectivity index (χ1v) is 10.2. The molecule has 2 aromatic carbocycles. The molecule has 154 valence electrons. The van der Waals surface area contributed by atoms with Gasteiger partial charge in [0.1, 0.15) is 0 Å². The number of benzene rings is 2. The molecule has 1 aliphatic heterocycles. The highest BCUT2D eigenvalue weighted by atomic mass is 35.5. The summed E-state index contributed by atoms with van der Waals surface area (Å²) < 4.78 is 0. The summed E-state index contributed by atoms with van der Waals surface area (Å²) in [6.07, 6.45) is 0.782. The third kappa shape index (κ3) is 5.59. The molecule has 0 radical (unpaired) electrons. The molecule has 0 unspecified atom stereocenters. The highest BCUT2D eigenvalue weighted by Crippen LogP contribution is 2.26. The topological polar surface area (TPSA) is 78.7 Å². The molecule has 0 bridgehead atoms. The Morgan fingerprint density at radius 3 is 2.48 bits per heavy atom. The van der Waals surface area contributed by atoms with E-state index in [1.165, 1.54) is 18.2 Å². The first kappa shape index (κ1) is 21.4. The van der Waals surface area contributed by atoms with Gasteiger partial charge in [0.25, 0.3) is 11.6 Å². The third-order valence-corrected chi connectivity index (χ3v) is 5.56. The fraction of sp³-hybridized carbons (Fsp3) is 0.350. The van der Waals surface area contributed by atoms with Crippen LogP contribution in [0.5, 0.6) is 0 Å². The number of rotatable bonds is 7. The van der Waals surface area contributed by atoms with Crippen LogP contribution in [0.15, 0.2) is 42.5 Å². The number of para-hydroxylation sites is 1. The molecule has 1 heterocycles. The number of carbonyl (C=O) groups excluding carboxylic acids is 1. The smallest absolute Gasteiger partial charge is 0.270 e. The van der Waals surface area contributed by atoms with Crippen LogP contribution in [0.25, 0.3) is 0 Å². The van der Waals surface area contributed by atoms with Crippen LogP contribution in [0.1, 0.15) is 16.8 Å². The van der Waals surface area contributed by atoms with Crippen LogP contribution in [0.4, 0.5) is 11.4 Å². The summed E-state index contributed by atoms with van der Waals surface area (Å²) in [7, 11) is 0. The molecule has 1 aliphatic rings. The molecule has 29 heavy (non-hydrogen) atoms. The monoisotopic (exact) mass is 436 g/mol. The van der Waals surface area contributed by atoms with Gasteiger partial charge in [-0.25, -0.2) is 0 Å². The molecule has 0 aliphatic carbocycles. The van der Waals surface area contributed by atoms with Crippen molar-refractivity contribution in [3.8, 4) is 0 Å². The Morgan fingerprint density at radius 2 is 1.79 bits per heavy atom. The lowest BCUT2D eigenvalue weighted by Crippen LogP contribution is -2.47. The largest absolute Gasteiger partial charge is 0.368 e. The second-order valence-corrected chi connectivity index (χ2v) is 7.63. The van der Waals surface area contributed by atoms with Crippen molar-refractivity contribution in [2.75, 3.05) is 44.2 Å². The Hall–Kier alpha value is -2.35. The number of hydrogen-bond acceptors (Lipinski definition) is 5. The molecule has 0 aromatic heterocycles. The van der Waals surface area contributed by atoms with E-state index in [0.29, 0.717) is 6.54 Å². The Bertz CT molecular complexity index is 886. The molecule has 2 aromatic rings. The van der Waals surface area contributed by atoms with Crippen molar-refractivity contribution in [2.45, 2.75) is 6.42 Å². The maximum atomic E-state index is 12.3. The molecule has 0 saturated carbocycles. The van der Waals surface area contributed by atoms with Crippen LogP contribution < -0.4 is 10.2 Å². The summed E-state index contributed by atoms with van der Waals surface area (Å²) in [5, 5.41) is 14.6. The molecule has 0 spiro atoms. The van der Waals surface area contributed by atoms with Gasteiger partial charge in [-0.15, -0.1) is 0 Å². The standard InChI is InChI=1S/C20H22Cl2N4O3/c21-17-7-6-15(26(28)29)14-16(17)20(27)23-8-3-9-24-10-12-25(13-11-24)19-5-2-1-4-18(19)22/h1-2,4-7,14H,3,8-13H2,(H,23,27). The van der Waals surface area contributed by atoms with Crippen molar-refractivity contribution < 1.29 is 9.72 Å². The van der Waals surface area contributed by atoms with Crippen molar-refractivity contribution in [1.82, 2.24) is 10.2 Å². The molecule has 1 amide bonds. The molecule has 0 atom stereocenters. The normalized spacial score (nSPS) is 14.6. The average molecular weight is 437 g/mol. The third-order valence-electron chi connectivity index (χ3n) is 4.91. The minimum atomic E-state index is -0.546. The molecule has 1 N–H and O–H groups in total. The van der Waals surface area contributed by atoms with E-state index in [4.69, 9.17) is 23.2 Å². The molecule has 9 heteroatoms. The fourth-order valence-corrected chi connectivity index (χ4v) is 3.78. The summed E-state index contributed by atoms with van der Waals surface area (Å²) in [5.74, 6) is -0.401. The van der Waals surface area contributed by atoms with Gasteiger partial charge < -0.3 is 10.2 Å². The van der Waals surface area contributed by atoms with E-state index in [1.807, 2.05) is 24.3 Å². The van der Waals surface area contributed by atoms with Gasteiger partial charge in [0.2, 0.25) is 0 Å². The first-order valence-electron chi connectivity index (χ1n) is 9.39. The van der Waals surface area contributed by atoms with Gasteiger partial charge in [0, 0.05) is 44.9 Å². The van der Waals surface area contributed by atoms with E-state index in [2.05, 4.69) is 15.1 Å². The van der Waals surface area contributed by atoms with Gasteiger partial charge in [0.05, 0.1) is 26.2 Å². The van der Waals surface area contributed by atoms with E-state index in [1.54, 1.807) is 0 Å². The van der Waals surface area contributed by atoms with Gasteiger partial charge in [0.15, 0.2) is 0 Å². The van der Waals surface area contributed by atoms with Crippen molar-refractivity contribution in [2.24, 2.45) is 0 Å². The van der Waals surface area contributed by atoms with Crippen LogP contribution >= 0.6 is 23.2 Å². The minimum absolute atomic E-state index is 0.120. The first-order chi connectivity index (χ1) is 14.0. The van der Waals surface area contributed by atoms with Crippen molar-refractivity contribution in [3.05, 3.63) is 68.2 Å². The fourth-order valence-electron chi connectivity index (χ4n) is 3.32. The van der Waals surface area contributed by atoms with E-state index in [0.717, 1.165) is 49.9 Å². The Morgan fingerprint density at radius 1 is 1.07 bits per heavy atom. The molecule has 1 saturated heterocycles. The van der Waals surface area contributed by atoms with Crippen LogP contribution in [-0.2, 0) is 0 Å². The molecular formula is C20H22Cl2N4O3. The zero-order valence-electron chi connectivity index (χ0n) is 15.8. The Labute approximate surface area is 179 Å². The van der Waals surface area contributed by atoms with Gasteiger partial charge >= 0.3 is 0 Å². The Balaban J connectivity index is 1.41.